The number of halogens is 1. The first kappa shape index (κ1) is 35.9. The Bertz CT molecular complexity index is 1700. The fourth-order valence-electron chi connectivity index (χ4n) is 9.32. The molecule has 1 N–H and O–H groups in total. The second-order valence-electron chi connectivity index (χ2n) is 16.3. The van der Waals surface area contributed by atoms with E-state index in [1.807, 2.05) is 13.0 Å². The summed E-state index contributed by atoms with van der Waals surface area (Å²) in [5, 5.41) is -0.0188. The van der Waals surface area contributed by atoms with Gasteiger partial charge in [-0.15, -0.1) is 0 Å². The number of benzene rings is 1. The molecule has 1 aromatic carbocycles. The molecule has 10 nitrogen and oxygen atoms in total. The van der Waals surface area contributed by atoms with E-state index in [1.165, 1.54) is 11.1 Å². The molecule has 5 aliphatic rings. The molecular formula is C38H53ClN4O6S. The van der Waals surface area contributed by atoms with E-state index in [4.69, 9.17) is 30.8 Å². The molecule has 2 bridgehead atoms. The summed E-state index contributed by atoms with van der Waals surface area (Å²) >= 11 is 6.48. The summed E-state index contributed by atoms with van der Waals surface area (Å²) in [7, 11) is 0.159. The lowest BCUT2D eigenvalue weighted by Crippen LogP contribution is -2.56. The standard InChI is InChI=1S/C38H53ClN4O6S/c1-24-8-6-10-29(36-47-19-28(20-48-36)42(4)5)31-15-17-37(31,3)21-43-22-38(16-7-9-26-18-27(39)11-12-30(26)38)23-49-33-14-13-32(40-34(33)43)35(44)41-50(45,46)25(24)2/h11-14,18,24-25,28-29,31,36H,6-10,15-17,19-23H2,1-5H3,(H,41,44)/t24-,25+,28?,29-,31-,36?,37?,38-/m0/s1. The van der Waals surface area contributed by atoms with Gasteiger partial charge in [-0.3, -0.25) is 4.79 Å². The van der Waals surface area contributed by atoms with Gasteiger partial charge in [0.1, 0.15) is 5.69 Å². The summed E-state index contributed by atoms with van der Waals surface area (Å²) in [6.45, 7) is 9.13. The highest BCUT2D eigenvalue weighted by Crippen LogP contribution is 2.55. The Balaban J connectivity index is 1.29. The van der Waals surface area contributed by atoms with E-state index in [1.54, 1.807) is 19.1 Å². The zero-order valence-corrected chi connectivity index (χ0v) is 31.7. The zero-order chi connectivity index (χ0) is 35.4. The van der Waals surface area contributed by atoms with Crippen LogP contribution < -0.4 is 14.4 Å². The maximum atomic E-state index is 13.6. The smallest absolute Gasteiger partial charge is 0.283 e. The van der Waals surface area contributed by atoms with Crippen molar-refractivity contribution in [1.29, 1.82) is 0 Å². The summed E-state index contributed by atoms with van der Waals surface area (Å²) in [5.74, 6) is 0.823. The fraction of sp³-hybridized carbons (Fsp3) is 0.684. The summed E-state index contributed by atoms with van der Waals surface area (Å²) in [4.78, 5) is 22.9. The molecule has 1 amide bonds. The van der Waals surface area contributed by atoms with Crippen LogP contribution in [0, 0.1) is 23.2 Å². The Hall–Kier alpha value is -2.44. The first-order chi connectivity index (χ1) is 23.8. The Morgan fingerprint density at radius 3 is 2.52 bits per heavy atom. The molecule has 7 rings (SSSR count). The lowest BCUT2D eigenvalue weighted by molar-refractivity contribution is -0.246. The average molecular weight is 729 g/mol. The molecule has 1 saturated heterocycles. The number of likely N-dealkylation sites (N-methyl/N-ethyl adjacent to an activating group) is 1. The summed E-state index contributed by atoms with van der Waals surface area (Å²) in [6.07, 6.45) is 7.19. The monoisotopic (exact) mass is 728 g/mol. The van der Waals surface area contributed by atoms with Gasteiger partial charge in [-0.1, -0.05) is 37.9 Å². The molecule has 2 aliphatic carbocycles. The molecule has 274 valence electrons. The molecule has 1 spiro atoms. The molecule has 1 saturated carbocycles. The van der Waals surface area contributed by atoms with E-state index in [9.17, 15) is 13.2 Å². The zero-order valence-electron chi connectivity index (χ0n) is 30.1. The Morgan fingerprint density at radius 1 is 1.02 bits per heavy atom. The van der Waals surface area contributed by atoms with Gasteiger partial charge >= 0.3 is 0 Å². The normalized spacial score (nSPS) is 36.0. The van der Waals surface area contributed by atoms with E-state index in [2.05, 4.69) is 47.7 Å². The molecule has 6 atom stereocenters. The van der Waals surface area contributed by atoms with E-state index in [0.29, 0.717) is 50.4 Å². The van der Waals surface area contributed by atoms with Crippen LogP contribution >= 0.6 is 11.6 Å². The number of aromatic nitrogens is 1. The van der Waals surface area contributed by atoms with Gasteiger partial charge in [0.25, 0.3) is 5.91 Å². The first-order valence-electron chi connectivity index (χ1n) is 18.4. The third-order valence-corrected chi connectivity index (χ3v) is 15.0. The number of aryl methyl sites for hydroxylation is 1. The predicted molar refractivity (Wildman–Crippen MR) is 194 cm³/mol. The van der Waals surface area contributed by atoms with Gasteiger partial charge in [0, 0.05) is 29.4 Å². The van der Waals surface area contributed by atoms with E-state index in [0.717, 1.165) is 56.4 Å². The van der Waals surface area contributed by atoms with Crippen molar-refractivity contribution in [2.75, 3.05) is 51.9 Å². The van der Waals surface area contributed by atoms with Gasteiger partial charge in [-0.25, -0.2) is 18.1 Å². The molecule has 50 heavy (non-hydrogen) atoms. The van der Waals surface area contributed by atoms with Crippen LogP contribution in [-0.2, 0) is 31.3 Å². The molecule has 2 fully saturated rings. The maximum absolute atomic E-state index is 13.6. The number of anilines is 1. The van der Waals surface area contributed by atoms with Crippen LogP contribution in [0.5, 0.6) is 5.75 Å². The van der Waals surface area contributed by atoms with Crippen LogP contribution in [0.2, 0.25) is 5.02 Å². The number of ether oxygens (including phenoxy) is 3. The fourth-order valence-corrected chi connectivity index (χ4v) is 10.8. The number of amides is 1. The quantitative estimate of drug-likeness (QED) is 0.410. The van der Waals surface area contributed by atoms with Gasteiger partial charge < -0.3 is 24.0 Å². The van der Waals surface area contributed by atoms with Crippen molar-refractivity contribution < 1.29 is 27.4 Å². The number of carbonyl (C=O) groups excluding carboxylic acids is 1. The van der Waals surface area contributed by atoms with Crippen LogP contribution in [0.15, 0.2) is 30.3 Å². The third kappa shape index (κ3) is 6.77. The summed E-state index contributed by atoms with van der Waals surface area (Å²) in [5.41, 5.74) is 2.20. The lowest BCUT2D eigenvalue weighted by Gasteiger charge is -2.55. The van der Waals surface area contributed by atoms with E-state index < -0.39 is 21.2 Å². The molecule has 3 aliphatic heterocycles. The van der Waals surface area contributed by atoms with Crippen molar-refractivity contribution in [2.45, 2.75) is 95.1 Å². The van der Waals surface area contributed by atoms with Gasteiger partial charge in [0.15, 0.2) is 17.9 Å². The van der Waals surface area contributed by atoms with Crippen LogP contribution in [0.4, 0.5) is 5.82 Å². The number of pyridine rings is 1. The van der Waals surface area contributed by atoms with Gasteiger partial charge in [0.05, 0.1) is 31.1 Å². The van der Waals surface area contributed by atoms with Crippen LogP contribution in [0.1, 0.15) is 87.3 Å². The third-order valence-electron chi connectivity index (χ3n) is 12.8. The highest BCUT2D eigenvalue weighted by Gasteiger charge is 2.52. The lowest BCUT2D eigenvalue weighted by atomic mass is 9.55. The first-order valence-corrected chi connectivity index (χ1v) is 20.3. The topological polar surface area (TPSA) is 110 Å². The Morgan fingerprint density at radius 2 is 1.80 bits per heavy atom. The molecular weight excluding hydrogens is 676 g/mol. The Kier molecular flexibility index (Phi) is 9.95. The van der Waals surface area contributed by atoms with Gasteiger partial charge in [-0.05, 0) is 119 Å². The largest absolute Gasteiger partial charge is 0.489 e. The molecule has 1 unspecified atom stereocenters. The minimum Gasteiger partial charge on any atom is -0.489 e. The summed E-state index contributed by atoms with van der Waals surface area (Å²) in [6, 6.07) is 9.80. The van der Waals surface area contributed by atoms with Crippen molar-refractivity contribution in [1.82, 2.24) is 14.6 Å². The molecule has 0 radical (unpaired) electrons. The number of nitrogens with zero attached hydrogens (tertiary/aromatic N) is 3. The predicted octanol–water partition coefficient (Wildman–Crippen LogP) is 5.81. The number of carbonyl (C=O) groups is 1. The van der Waals surface area contributed by atoms with Crippen molar-refractivity contribution >= 4 is 33.3 Å². The van der Waals surface area contributed by atoms with E-state index in [-0.39, 0.29) is 40.7 Å². The average Bonchev–Trinajstić information content (AvgIpc) is 3.22. The molecule has 12 heteroatoms. The van der Waals surface area contributed by atoms with Crippen molar-refractivity contribution in [3.63, 3.8) is 0 Å². The van der Waals surface area contributed by atoms with Crippen LogP contribution in [0.3, 0.4) is 0 Å². The minimum absolute atomic E-state index is 0.0623. The maximum Gasteiger partial charge on any atom is 0.283 e. The van der Waals surface area contributed by atoms with Crippen molar-refractivity contribution in [3.05, 3.63) is 52.2 Å². The second-order valence-corrected chi connectivity index (χ2v) is 18.8. The Labute approximate surface area is 302 Å². The van der Waals surface area contributed by atoms with Crippen LogP contribution in [-0.4, -0.2) is 88.8 Å². The van der Waals surface area contributed by atoms with Crippen LogP contribution in [0.25, 0.3) is 0 Å². The number of hydrogen-bond acceptors (Lipinski definition) is 9. The SMILES string of the molecule is C[C@@H]1[C@@H](C)CCC[C@H](C2OCC(N(C)C)CO2)[C@@H]2CCC2(C)CN2C[C@@]3(CCCc4cc(Cl)ccc43)COc3ccc(nc32)C(=O)NS1(=O)=O. The van der Waals surface area contributed by atoms with Gasteiger partial charge in [0.2, 0.25) is 10.0 Å². The van der Waals surface area contributed by atoms with E-state index >= 15 is 0 Å². The number of fused-ring (bicyclic) bond motifs is 4. The second kappa shape index (κ2) is 13.8. The highest BCUT2D eigenvalue weighted by atomic mass is 35.5. The van der Waals surface area contributed by atoms with Crippen molar-refractivity contribution in [3.8, 4) is 5.75 Å². The molecule has 2 aromatic rings. The molecule has 1 aromatic heterocycles. The summed E-state index contributed by atoms with van der Waals surface area (Å²) < 4.78 is 49.0. The number of hydrogen-bond donors (Lipinski definition) is 1. The number of rotatable bonds is 2. The highest BCUT2D eigenvalue weighted by molar-refractivity contribution is 7.90. The van der Waals surface area contributed by atoms with Crippen molar-refractivity contribution in [2.24, 2.45) is 23.2 Å². The minimum atomic E-state index is -3.95. The number of nitrogens with one attached hydrogen (secondary N) is 1. The van der Waals surface area contributed by atoms with Gasteiger partial charge in [-0.2, -0.15) is 0 Å². The number of sulfonamides is 1. The molecule has 4 heterocycles.